The number of benzene rings is 1. The number of halogens is 1. The minimum atomic E-state index is -0.324. The zero-order valence-corrected chi connectivity index (χ0v) is 12.6. The van der Waals surface area contributed by atoms with E-state index < -0.39 is 0 Å². The van der Waals surface area contributed by atoms with Crippen LogP contribution < -0.4 is 5.73 Å². The van der Waals surface area contributed by atoms with Gasteiger partial charge in [0, 0.05) is 21.6 Å². The second kappa shape index (κ2) is 5.59. The monoisotopic (exact) mass is 326 g/mol. The van der Waals surface area contributed by atoms with Gasteiger partial charge < -0.3 is 5.73 Å². The Morgan fingerprint density at radius 1 is 1.58 bits per heavy atom. The fourth-order valence-electron chi connectivity index (χ4n) is 3.10. The topological polar surface area (TPSA) is 69.2 Å². The van der Waals surface area contributed by atoms with Crippen molar-refractivity contribution >= 4 is 21.6 Å². The average Bonchev–Trinajstić information content (AvgIpc) is 2.30. The maximum atomic E-state index is 11.1. The molecule has 0 radical (unpaired) electrons. The number of nitrogens with two attached hydrogens (primary N) is 1. The maximum absolute atomic E-state index is 11.1. The predicted molar refractivity (Wildman–Crippen MR) is 79.1 cm³/mol. The Bertz CT molecular complexity index is 492. The van der Waals surface area contributed by atoms with Gasteiger partial charge in [0.05, 0.1) is 4.92 Å². The molecule has 1 aliphatic rings. The molecule has 4 nitrogen and oxygen atoms in total. The first kappa shape index (κ1) is 14.5. The van der Waals surface area contributed by atoms with E-state index in [4.69, 9.17) is 5.73 Å². The lowest BCUT2D eigenvalue weighted by atomic mass is 9.74. The van der Waals surface area contributed by atoms with Crippen molar-refractivity contribution in [3.63, 3.8) is 0 Å². The predicted octanol–water partition coefficient (Wildman–Crippen LogP) is 3.81. The second-order valence-corrected chi connectivity index (χ2v) is 6.69. The van der Waals surface area contributed by atoms with E-state index in [1.165, 1.54) is 6.42 Å². The molecule has 0 saturated heterocycles. The van der Waals surface area contributed by atoms with E-state index in [1.54, 1.807) is 6.07 Å². The Kier molecular flexibility index (Phi) is 4.26. The molecule has 1 fully saturated rings. The summed E-state index contributed by atoms with van der Waals surface area (Å²) in [5.41, 5.74) is 7.06. The highest BCUT2D eigenvalue weighted by molar-refractivity contribution is 9.10. The molecule has 0 aliphatic heterocycles. The van der Waals surface area contributed by atoms with E-state index in [0.29, 0.717) is 12.3 Å². The molecule has 1 aromatic rings. The van der Waals surface area contributed by atoms with Gasteiger partial charge in [-0.15, -0.1) is 0 Å². The molecule has 2 rings (SSSR count). The Morgan fingerprint density at radius 2 is 2.32 bits per heavy atom. The maximum Gasteiger partial charge on any atom is 0.273 e. The molecule has 1 aromatic carbocycles. The third-order valence-electron chi connectivity index (χ3n) is 3.91. The molecule has 0 heterocycles. The van der Waals surface area contributed by atoms with Crippen molar-refractivity contribution in [3.8, 4) is 0 Å². The van der Waals surface area contributed by atoms with Crippen molar-refractivity contribution < 1.29 is 4.92 Å². The molecule has 0 spiro atoms. The fraction of sp³-hybridized carbons (Fsp3) is 0.571. The molecular formula is C14H19BrN2O2. The van der Waals surface area contributed by atoms with Gasteiger partial charge >= 0.3 is 0 Å². The standard InChI is InChI=1S/C14H19BrN2O2/c1-10-3-2-6-14(16,8-10)9-11-4-5-12(15)7-13(11)17(18)19/h4-5,7,10H,2-3,6,8-9,16H2,1H3. The third-order valence-corrected chi connectivity index (χ3v) is 4.41. The molecule has 5 heteroatoms. The fourth-order valence-corrected chi connectivity index (χ4v) is 3.45. The van der Waals surface area contributed by atoms with Gasteiger partial charge in [0.15, 0.2) is 0 Å². The van der Waals surface area contributed by atoms with E-state index in [0.717, 1.165) is 29.3 Å². The number of nitro groups is 1. The largest absolute Gasteiger partial charge is 0.325 e. The lowest BCUT2D eigenvalue weighted by Gasteiger charge is -2.36. The highest BCUT2D eigenvalue weighted by Crippen LogP contribution is 2.35. The molecule has 2 N–H and O–H groups in total. The zero-order chi connectivity index (χ0) is 14.0. The van der Waals surface area contributed by atoms with Gasteiger partial charge in [-0.25, -0.2) is 0 Å². The van der Waals surface area contributed by atoms with Gasteiger partial charge in [0.25, 0.3) is 5.69 Å². The van der Waals surface area contributed by atoms with Crippen LogP contribution in [0.15, 0.2) is 22.7 Å². The summed E-state index contributed by atoms with van der Waals surface area (Å²) in [4.78, 5) is 10.8. The molecule has 1 saturated carbocycles. The Balaban J connectivity index is 2.25. The summed E-state index contributed by atoms with van der Waals surface area (Å²) in [5.74, 6) is 0.605. The van der Waals surface area contributed by atoms with Gasteiger partial charge in [-0.3, -0.25) is 10.1 Å². The first-order valence-corrected chi connectivity index (χ1v) is 7.41. The molecule has 0 amide bonds. The van der Waals surface area contributed by atoms with Crippen LogP contribution in [0.5, 0.6) is 0 Å². The number of rotatable bonds is 3. The summed E-state index contributed by atoms with van der Waals surface area (Å²) in [7, 11) is 0. The molecular weight excluding hydrogens is 308 g/mol. The summed E-state index contributed by atoms with van der Waals surface area (Å²) in [6, 6.07) is 5.22. The van der Waals surface area contributed by atoms with Crippen LogP contribution in [0, 0.1) is 16.0 Å². The summed E-state index contributed by atoms with van der Waals surface area (Å²) in [6.45, 7) is 2.21. The minimum Gasteiger partial charge on any atom is -0.325 e. The van der Waals surface area contributed by atoms with Crippen LogP contribution in [0.25, 0.3) is 0 Å². The third kappa shape index (κ3) is 3.54. The van der Waals surface area contributed by atoms with Gasteiger partial charge in [-0.2, -0.15) is 0 Å². The molecule has 19 heavy (non-hydrogen) atoms. The van der Waals surface area contributed by atoms with Crippen LogP contribution in [0.3, 0.4) is 0 Å². The van der Waals surface area contributed by atoms with E-state index in [-0.39, 0.29) is 16.1 Å². The van der Waals surface area contributed by atoms with Gasteiger partial charge in [0.1, 0.15) is 0 Å². The first-order valence-electron chi connectivity index (χ1n) is 6.61. The Morgan fingerprint density at radius 3 is 2.95 bits per heavy atom. The van der Waals surface area contributed by atoms with E-state index in [2.05, 4.69) is 22.9 Å². The Labute approximate surface area is 121 Å². The van der Waals surface area contributed by atoms with Crippen molar-refractivity contribution in [2.24, 2.45) is 11.7 Å². The minimum absolute atomic E-state index is 0.164. The summed E-state index contributed by atoms with van der Waals surface area (Å²) >= 11 is 3.28. The van der Waals surface area contributed by atoms with Crippen molar-refractivity contribution in [1.29, 1.82) is 0 Å². The number of hydrogen-bond donors (Lipinski definition) is 1. The molecule has 0 bridgehead atoms. The highest BCUT2D eigenvalue weighted by Gasteiger charge is 2.33. The number of hydrogen-bond acceptors (Lipinski definition) is 3. The van der Waals surface area contributed by atoms with Crippen molar-refractivity contribution in [2.45, 2.75) is 44.6 Å². The van der Waals surface area contributed by atoms with Gasteiger partial charge in [0.2, 0.25) is 0 Å². The normalized spacial score (nSPS) is 27.2. The molecule has 2 unspecified atom stereocenters. The average molecular weight is 327 g/mol. The van der Waals surface area contributed by atoms with E-state index >= 15 is 0 Å². The van der Waals surface area contributed by atoms with Crippen molar-refractivity contribution in [2.75, 3.05) is 0 Å². The molecule has 104 valence electrons. The van der Waals surface area contributed by atoms with Crippen LogP contribution in [0.2, 0.25) is 0 Å². The SMILES string of the molecule is CC1CCCC(N)(Cc2ccc(Br)cc2[N+](=O)[O-])C1. The molecule has 1 aliphatic carbocycles. The van der Waals surface area contributed by atoms with Gasteiger partial charge in [-0.05, 0) is 31.2 Å². The van der Waals surface area contributed by atoms with Crippen molar-refractivity contribution in [1.82, 2.24) is 0 Å². The van der Waals surface area contributed by atoms with Crippen LogP contribution in [-0.2, 0) is 6.42 Å². The quantitative estimate of drug-likeness (QED) is 0.678. The van der Waals surface area contributed by atoms with Crippen LogP contribution in [-0.4, -0.2) is 10.5 Å². The van der Waals surface area contributed by atoms with Gasteiger partial charge in [-0.1, -0.05) is 41.8 Å². The lowest BCUT2D eigenvalue weighted by Crippen LogP contribution is -2.45. The first-order chi connectivity index (χ1) is 8.89. The molecule has 2 atom stereocenters. The summed E-state index contributed by atoms with van der Waals surface area (Å²) in [5, 5.41) is 11.1. The van der Waals surface area contributed by atoms with Crippen LogP contribution >= 0.6 is 15.9 Å². The smallest absolute Gasteiger partial charge is 0.273 e. The number of nitro benzene ring substituents is 1. The lowest BCUT2D eigenvalue weighted by molar-refractivity contribution is -0.385. The summed E-state index contributed by atoms with van der Waals surface area (Å²) in [6.07, 6.45) is 4.80. The van der Waals surface area contributed by atoms with Crippen LogP contribution in [0.4, 0.5) is 5.69 Å². The van der Waals surface area contributed by atoms with E-state index in [9.17, 15) is 10.1 Å². The highest BCUT2D eigenvalue weighted by atomic mass is 79.9. The summed E-state index contributed by atoms with van der Waals surface area (Å²) < 4.78 is 0.728. The number of nitrogens with zero attached hydrogens (tertiary/aromatic N) is 1. The zero-order valence-electron chi connectivity index (χ0n) is 11.1. The van der Waals surface area contributed by atoms with Crippen LogP contribution in [0.1, 0.15) is 38.2 Å². The Hall–Kier alpha value is -0.940. The second-order valence-electron chi connectivity index (χ2n) is 5.77. The van der Waals surface area contributed by atoms with E-state index in [1.807, 2.05) is 12.1 Å². The van der Waals surface area contributed by atoms with Crippen molar-refractivity contribution in [3.05, 3.63) is 38.3 Å². The molecule has 0 aromatic heterocycles.